The molecule has 0 atom stereocenters. The van der Waals surface area contributed by atoms with E-state index in [2.05, 4.69) is 69.2 Å². The zero-order chi connectivity index (χ0) is 19.4. The lowest BCUT2D eigenvalue weighted by molar-refractivity contribution is -0.170. The van der Waals surface area contributed by atoms with Crippen LogP contribution in [0.15, 0.2) is 0 Å². The standard InChI is InChI=1S/C11H22.C10H20O.C2H6/c1-9-6-10(2,3)8-11(4,5)7-9;1-8-6-9(2,3)11-10(4,5)7-8;1-2/h9H,6-8H2,1-5H3;8H,6-7H2,1-5H3;1-2H3. The van der Waals surface area contributed by atoms with Crippen molar-refractivity contribution in [1.82, 2.24) is 0 Å². The van der Waals surface area contributed by atoms with E-state index in [-0.39, 0.29) is 11.2 Å². The van der Waals surface area contributed by atoms with Gasteiger partial charge in [-0.2, -0.15) is 0 Å². The molecule has 1 saturated heterocycles. The highest BCUT2D eigenvalue weighted by atomic mass is 16.5. The van der Waals surface area contributed by atoms with Crippen LogP contribution < -0.4 is 0 Å². The lowest BCUT2D eigenvalue weighted by atomic mass is 9.62. The minimum atomic E-state index is 0.0845. The zero-order valence-electron chi connectivity index (χ0n) is 19.1. The Kier molecular flexibility index (Phi) is 8.55. The maximum absolute atomic E-state index is 5.93. The van der Waals surface area contributed by atoms with Crippen LogP contribution in [0.2, 0.25) is 0 Å². The van der Waals surface area contributed by atoms with Gasteiger partial charge >= 0.3 is 0 Å². The van der Waals surface area contributed by atoms with Crippen molar-refractivity contribution < 1.29 is 4.74 Å². The Morgan fingerprint density at radius 3 is 1.12 bits per heavy atom. The predicted octanol–water partition coefficient (Wildman–Crippen LogP) is 7.88. The minimum absolute atomic E-state index is 0.0845. The maximum atomic E-state index is 5.93. The molecular formula is C23H48O. The molecule has 0 aromatic carbocycles. The van der Waals surface area contributed by atoms with Gasteiger partial charge in [-0.15, -0.1) is 0 Å². The molecule has 0 spiro atoms. The summed E-state index contributed by atoms with van der Waals surface area (Å²) in [7, 11) is 0. The average molecular weight is 341 g/mol. The van der Waals surface area contributed by atoms with Gasteiger partial charge in [0.25, 0.3) is 0 Å². The summed E-state index contributed by atoms with van der Waals surface area (Å²) in [4.78, 5) is 0. The molecule has 1 heterocycles. The van der Waals surface area contributed by atoms with Gasteiger partial charge in [0.15, 0.2) is 0 Å². The van der Waals surface area contributed by atoms with Crippen LogP contribution in [0.5, 0.6) is 0 Å². The Labute approximate surface area is 154 Å². The summed E-state index contributed by atoms with van der Waals surface area (Å²) in [6.07, 6.45) is 6.60. The van der Waals surface area contributed by atoms with E-state index in [0.29, 0.717) is 10.8 Å². The van der Waals surface area contributed by atoms with E-state index in [0.717, 1.165) is 11.8 Å². The Balaban J connectivity index is 0.000000400. The third kappa shape index (κ3) is 9.44. The number of hydrogen-bond donors (Lipinski definition) is 0. The molecule has 2 rings (SSSR count). The van der Waals surface area contributed by atoms with E-state index in [1.54, 1.807) is 0 Å². The molecule has 1 nitrogen and oxygen atoms in total. The fourth-order valence-electron chi connectivity index (χ4n) is 5.98. The summed E-state index contributed by atoms with van der Waals surface area (Å²) in [5.74, 6) is 1.72. The first-order valence-corrected chi connectivity index (χ1v) is 10.3. The van der Waals surface area contributed by atoms with Crippen LogP contribution in [-0.2, 0) is 4.74 Å². The number of rotatable bonds is 0. The first-order chi connectivity index (χ1) is 10.6. The summed E-state index contributed by atoms with van der Waals surface area (Å²) in [6.45, 7) is 27.1. The van der Waals surface area contributed by atoms with Crippen molar-refractivity contribution in [2.45, 2.75) is 126 Å². The topological polar surface area (TPSA) is 9.23 Å². The van der Waals surface area contributed by atoms with Crippen LogP contribution in [0.1, 0.15) is 115 Å². The van der Waals surface area contributed by atoms with Gasteiger partial charge in [-0.3, -0.25) is 0 Å². The number of ether oxygens (including phenoxy) is 1. The molecule has 146 valence electrons. The van der Waals surface area contributed by atoms with Crippen molar-refractivity contribution in [2.75, 3.05) is 0 Å². The van der Waals surface area contributed by atoms with Gasteiger partial charge in [0.1, 0.15) is 0 Å². The molecule has 2 aliphatic rings. The summed E-state index contributed by atoms with van der Waals surface area (Å²) in [5.41, 5.74) is 1.34. The predicted molar refractivity (Wildman–Crippen MR) is 110 cm³/mol. The molecule has 0 aromatic heterocycles. The molecular weight excluding hydrogens is 292 g/mol. The van der Waals surface area contributed by atoms with E-state index < -0.39 is 0 Å². The summed E-state index contributed by atoms with van der Waals surface area (Å²) in [5, 5.41) is 0. The van der Waals surface area contributed by atoms with Gasteiger partial charge in [-0.05, 0) is 82.5 Å². The first-order valence-electron chi connectivity index (χ1n) is 10.3. The van der Waals surface area contributed by atoms with Crippen LogP contribution in [0, 0.1) is 22.7 Å². The largest absolute Gasteiger partial charge is 0.370 e. The Bertz CT molecular complexity index is 294. The Morgan fingerprint density at radius 2 is 0.875 bits per heavy atom. The molecule has 1 saturated carbocycles. The van der Waals surface area contributed by atoms with Gasteiger partial charge in [0.05, 0.1) is 11.2 Å². The SMILES string of the molecule is CC.CC1CC(C)(C)CC(C)(C)C1.CC1CC(C)(C)OC(C)(C)C1. The third-order valence-corrected chi connectivity index (χ3v) is 4.99. The van der Waals surface area contributed by atoms with Crippen LogP contribution in [-0.4, -0.2) is 11.2 Å². The highest BCUT2D eigenvalue weighted by Gasteiger charge is 2.37. The molecule has 24 heavy (non-hydrogen) atoms. The second kappa shape index (κ2) is 8.56. The van der Waals surface area contributed by atoms with Crippen molar-refractivity contribution in [3.05, 3.63) is 0 Å². The highest BCUT2D eigenvalue weighted by molar-refractivity contribution is 4.88. The molecule has 0 bridgehead atoms. The number of hydrogen-bond acceptors (Lipinski definition) is 1. The monoisotopic (exact) mass is 340 g/mol. The van der Waals surface area contributed by atoms with Crippen LogP contribution in [0.4, 0.5) is 0 Å². The average Bonchev–Trinajstić information content (AvgIpc) is 2.21. The molecule has 1 aliphatic carbocycles. The van der Waals surface area contributed by atoms with Gasteiger partial charge in [0.2, 0.25) is 0 Å². The van der Waals surface area contributed by atoms with E-state index >= 15 is 0 Å². The molecule has 1 aliphatic heterocycles. The van der Waals surface area contributed by atoms with Crippen LogP contribution >= 0.6 is 0 Å². The van der Waals surface area contributed by atoms with E-state index in [4.69, 9.17) is 4.74 Å². The summed E-state index contributed by atoms with van der Waals surface area (Å²) < 4.78 is 5.93. The van der Waals surface area contributed by atoms with Gasteiger partial charge in [-0.25, -0.2) is 0 Å². The van der Waals surface area contributed by atoms with Gasteiger partial charge in [0, 0.05) is 0 Å². The van der Waals surface area contributed by atoms with Crippen molar-refractivity contribution in [2.24, 2.45) is 22.7 Å². The maximum Gasteiger partial charge on any atom is 0.0636 e. The highest BCUT2D eigenvalue weighted by Crippen LogP contribution is 2.47. The van der Waals surface area contributed by atoms with Crippen molar-refractivity contribution >= 4 is 0 Å². The molecule has 1 heteroatoms. The lowest BCUT2D eigenvalue weighted by Gasteiger charge is -2.44. The Morgan fingerprint density at radius 1 is 0.583 bits per heavy atom. The molecule has 0 amide bonds. The third-order valence-electron chi connectivity index (χ3n) is 4.99. The smallest absolute Gasteiger partial charge is 0.0636 e. The summed E-state index contributed by atoms with van der Waals surface area (Å²) >= 11 is 0. The zero-order valence-corrected chi connectivity index (χ0v) is 19.1. The fraction of sp³-hybridized carbons (Fsp3) is 1.00. The molecule has 2 fully saturated rings. The van der Waals surface area contributed by atoms with E-state index in [1.807, 2.05) is 13.8 Å². The van der Waals surface area contributed by atoms with E-state index in [1.165, 1.54) is 32.1 Å². The lowest BCUT2D eigenvalue weighted by Crippen LogP contribution is -2.44. The summed E-state index contributed by atoms with van der Waals surface area (Å²) in [6, 6.07) is 0. The quantitative estimate of drug-likeness (QED) is 0.436. The first kappa shape index (κ1) is 24.0. The van der Waals surface area contributed by atoms with Gasteiger partial charge < -0.3 is 4.74 Å². The second-order valence-electron chi connectivity index (χ2n) is 11.2. The fourth-order valence-corrected chi connectivity index (χ4v) is 5.98. The second-order valence-corrected chi connectivity index (χ2v) is 11.2. The van der Waals surface area contributed by atoms with Crippen molar-refractivity contribution in [3.8, 4) is 0 Å². The minimum Gasteiger partial charge on any atom is -0.370 e. The van der Waals surface area contributed by atoms with E-state index in [9.17, 15) is 0 Å². The molecule has 0 aromatic rings. The molecule has 0 N–H and O–H groups in total. The van der Waals surface area contributed by atoms with Crippen molar-refractivity contribution in [1.29, 1.82) is 0 Å². The van der Waals surface area contributed by atoms with Crippen molar-refractivity contribution in [3.63, 3.8) is 0 Å². The normalized spacial score (nSPS) is 28.0. The van der Waals surface area contributed by atoms with Crippen LogP contribution in [0.3, 0.4) is 0 Å². The Hall–Kier alpha value is -0.0400. The van der Waals surface area contributed by atoms with Crippen LogP contribution in [0.25, 0.3) is 0 Å². The molecule has 0 radical (unpaired) electrons. The molecule has 0 unspecified atom stereocenters. The van der Waals surface area contributed by atoms with Gasteiger partial charge in [-0.1, -0.05) is 55.4 Å².